The number of aromatic nitrogens is 2. The topological polar surface area (TPSA) is 82.2 Å². The first kappa shape index (κ1) is 18.5. The Morgan fingerprint density at radius 1 is 1.38 bits per heavy atom. The van der Waals surface area contributed by atoms with Gasteiger partial charge in [-0.2, -0.15) is 5.10 Å². The van der Waals surface area contributed by atoms with Crippen molar-refractivity contribution in [2.45, 2.75) is 70.4 Å². The van der Waals surface area contributed by atoms with Crippen LogP contribution in [-0.4, -0.2) is 22.3 Å². The summed E-state index contributed by atoms with van der Waals surface area (Å²) in [5.41, 5.74) is 9.83. The number of nitrogens with two attached hydrogens (primary N) is 1. The van der Waals surface area contributed by atoms with Crippen LogP contribution in [0.15, 0.2) is 18.2 Å². The summed E-state index contributed by atoms with van der Waals surface area (Å²) in [4.78, 5) is 13.0. The van der Waals surface area contributed by atoms with Crippen molar-refractivity contribution in [3.05, 3.63) is 40.6 Å². The lowest BCUT2D eigenvalue weighted by Gasteiger charge is -2.34. The molecule has 2 aromatic rings. The number of nitrogens with zero attached hydrogens (tertiary/aromatic N) is 2. The van der Waals surface area contributed by atoms with Crippen LogP contribution in [0.3, 0.4) is 0 Å². The molecule has 1 aliphatic heterocycles. The summed E-state index contributed by atoms with van der Waals surface area (Å²) >= 11 is 0. The molecular weight excluding hydrogens is 364 g/mol. The molecule has 1 saturated carbocycles. The van der Waals surface area contributed by atoms with Gasteiger partial charge in [-0.05, 0) is 54.9 Å². The minimum Gasteiger partial charge on any atom is -0.494 e. The molecular formula is C23H30N4O2. The second kappa shape index (κ2) is 7.08. The van der Waals surface area contributed by atoms with Gasteiger partial charge in [0.2, 0.25) is 0 Å². The highest BCUT2D eigenvalue weighted by Gasteiger charge is 2.46. The summed E-state index contributed by atoms with van der Waals surface area (Å²) in [5, 5.41) is 8.06. The number of benzene rings is 1. The zero-order valence-electron chi connectivity index (χ0n) is 17.2. The number of carbonyl (C=O) groups excluding carboxylic acids is 1. The second-order valence-corrected chi connectivity index (χ2v) is 8.90. The van der Waals surface area contributed by atoms with E-state index in [0.29, 0.717) is 17.8 Å². The quantitative estimate of drug-likeness (QED) is 0.704. The van der Waals surface area contributed by atoms with E-state index in [1.807, 2.05) is 10.7 Å². The van der Waals surface area contributed by atoms with Gasteiger partial charge in [0, 0.05) is 13.0 Å². The third kappa shape index (κ3) is 3.28. The average molecular weight is 395 g/mol. The highest BCUT2D eigenvalue weighted by Crippen LogP contribution is 2.44. The average Bonchev–Trinajstić information content (AvgIpc) is 3.41. The summed E-state index contributed by atoms with van der Waals surface area (Å²) in [6.07, 6.45) is 8.44. The fourth-order valence-corrected chi connectivity index (χ4v) is 4.85. The Balaban J connectivity index is 1.40. The Morgan fingerprint density at radius 3 is 3.03 bits per heavy atom. The molecule has 3 aliphatic rings. The number of carbonyl (C=O) groups is 1. The van der Waals surface area contributed by atoms with Gasteiger partial charge in [-0.3, -0.25) is 4.79 Å². The van der Waals surface area contributed by atoms with Gasteiger partial charge < -0.3 is 15.8 Å². The molecule has 0 bridgehead atoms. The number of rotatable bonds is 7. The molecule has 1 aromatic carbocycles. The van der Waals surface area contributed by atoms with E-state index in [2.05, 4.69) is 24.4 Å². The minimum absolute atomic E-state index is 0.0856. The summed E-state index contributed by atoms with van der Waals surface area (Å²) in [5.74, 6) is 2.17. The third-order valence-electron chi connectivity index (χ3n) is 6.74. The lowest BCUT2D eigenvalue weighted by molar-refractivity contribution is 0.0876. The van der Waals surface area contributed by atoms with Gasteiger partial charge in [-0.25, -0.2) is 4.68 Å². The fraction of sp³-hybridized carbons (Fsp3) is 0.565. The number of aryl methyl sites for hydroxylation is 2. The van der Waals surface area contributed by atoms with Crippen LogP contribution in [0.2, 0.25) is 0 Å². The van der Waals surface area contributed by atoms with Gasteiger partial charge in [-0.1, -0.05) is 32.3 Å². The molecule has 0 saturated heterocycles. The van der Waals surface area contributed by atoms with Crippen molar-refractivity contribution < 1.29 is 9.53 Å². The summed E-state index contributed by atoms with van der Waals surface area (Å²) < 4.78 is 7.72. The van der Waals surface area contributed by atoms with Crippen LogP contribution in [0.25, 0.3) is 0 Å². The maximum atomic E-state index is 13.0. The zero-order valence-corrected chi connectivity index (χ0v) is 17.2. The van der Waals surface area contributed by atoms with E-state index in [-0.39, 0.29) is 11.4 Å². The molecule has 6 nitrogen and oxygen atoms in total. The van der Waals surface area contributed by atoms with E-state index in [9.17, 15) is 4.79 Å². The van der Waals surface area contributed by atoms with Crippen molar-refractivity contribution in [2.75, 3.05) is 12.3 Å². The smallest absolute Gasteiger partial charge is 0.257 e. The predicted molar refractivity (Wildman–Crippen MR) is 112 cm³/mol. The van der Waals surface area contributed by atoms with Crippen molar-refractivity contribution in [2.24, 2.45) is 5.92 Å². The van der Waals surface area contributed by atoms with Crippen molar-refractivity contribution in [3.63, 3.8) is 0 Å². The molecule has 0 unspecified atom stereocenters. The predicted octanol–water partition coefficient (Wildman–Crippen LogP) is 3.57. The Bertz CT molecular complexity index is 947. The number of ether oxygens (including phenoxy) is 1. The number of anilines is 1. The molecule has 5 rings (SSSR count). The van der Waals surface area contributed by atoms with Crippen LogP contribution in [0.4, 0.5) is 5.82 Å². The van der Waals surface area contributed by atoms with Crippen molar-refractivity contribution in [3.8, 4) is 5.75 Å². The van der Waals surface area contributed by atoms with Crippen LogP contribution in [0.1, 0.15) is 72.6 Å². The van der Waals surface area contributed by atoms with E-state index in [1.54, 1.807) is 0 Å². The molecule has 2 heterocycles. The summed E-state index contributed by atoms with van der Waals surface area (Å²) in [6, 6.07) is 6.30. The van der Waals surface area contributed by atoms with Gasteiger partial charge in [0.05, 0.1) is 17.8 Å². The van der Waals surface area contributed by atoms with Crippen LogP contribution in [0.5, 0.6) is 5.75 Å². The lowest BCUT2D eigenvalue weighted by atomic mass is 9.83. The minimum atomic E-state index is -0.372. The zero-order chi connectivity index (χ0) is 20.0. The van der Waals surface area contributed by atoms with Crippen molar-refractivity contribution in [1.29, 1.82) is 0 Å². The summed E-state index contributed by atoms with van der Waals surface area (Å²) in [7, 11) is 0. The molecule has 3 N–H and O–H groups in total. The molecule has 2 aliphatic carbocycles. The number of fused-ring (bicyclic) bond motifs is 3. The highest BCUT2D eigenvalue weighted by molar-refractivity contribution is 6.01. The van der Waals surface area contributed by atoms with Crippen LogP contribution < -0.4 is 15.8 Å². The van der Waals surface area contributed by atoms with E-state index in [0.717, 1.165) is 62.6 Å². The van der Waals surface area contributed by atoms with Crippen molar-refractivity contribution >= 4 is 11.7 Å². The Labute approximate surface area is 171 Å². The summed E-state index contributed by atoms with van der Waals surface area (Å²) in [6.45, 7) is 3.72. The molecule has 1 spiro atoms. The van der Waals surface area contributed by atoms with E-state index < -0.39 is 0 Å². The second-order valence-electron chi connectivity index (χ2n) is 8.90. The molecule has 29 heavy (non-hydrogen) atoms. The molecule has 1 atom stereocenters. The molecule has 0 radical (unpaired) electrons. The number of unbranched alkanes of at least 4 members (excludes halogenated alkanes) is 1. The molecule has 6 heteroatoms. The number of nitrogens with one attached hydrogen (secondary N) is 1. The first-order valence-corrected chi connectivity index (χ1v) is 11.0. The maximum absolute atomic E-state index is 13.0. The first-order chi connectivity index (χ1) is 14.1. The lowest BCUT2D eigenvalue weighted by Crippen LogP contribution is -2.49. The third-order valence-corrected chi connectivity index (χ3v) is 6.74. The first-order valence-electron chi connectivity index (χ1n) is 11.0. The number of hydrogen-bond acceptors (Lipinski definition) is 4. The maximum Gasteiger partial charge on any atom is 0.257 e. The van der Waals surface area contributed by atoms with Gasteiger partial charge >= 0.3 is 0 Å². The van der Waals surface area contributed by atoms with Gasteiger partial charge in [0.15, 0.2) is 0 Å². The molecule has 1 aromatic heterocycles. The number of nitrogen functional groups attached to an aromatic ring is 1. The van der Waals surface area contributed by atoms with E-state index >= 15 is 0 Å². The molecule has 1 amide bonds. The van der Waals surface area contributed by atoms with E-state index in [4.69, 9.17) is 15.6 Å². The van der Waals surface area contributed by atoms with Crippen LogP contribution in [-0.2, 0) is 24.9 Å². The number of hydrogen-bond donors (Lipinski definition) is 2. The Hall–Kier alpha value is -2.50. The molecule has 154 valence electrons. The standard InChI is InChI=1S/C23H30N4O2/c1-2-3-12-29-17-6-7-18-16(13-17)8-10-23(18)14-19-20(22(28)25-23)21(24)27(26-19)11-9-15-4-5-15/h6-7,13,15H,2-5,8-12,14,24H2,1H3,(H,25,28)/t23-/m0/s1. The van der Waals surface area contributed by atoms with Gasteiger partial charge in [0.25, 0.3) is 5.91 Å². The highest BCUT2D eigenvalue weighted by atomic mass is 16.5. The Morgan fingerprint density at radius 2 is 2.24 bits per heavy atom. The molecule has 1 fully saturated rings. The van der Waals surface area contributed by atoms with Crippen LogP contribution in [0, 0.1) is 5.92 Å². The van der Waals surface area contributed by atoms with Gasteiger partial charge in [-0.15, -0.1) is 0 Å². The monoisotopic (exact) mass is 394 g/mol. The van der Waals surface area contributed by atoms with E-state index in [1.165, 1.54) is 24.0 Å². The fourth-order valence-electron chi connectivity index (χ4n) is 4.85. The largest absolute Gasteiger partial charge is 0.494 e. The van der Waals surface area contributed by atoms with Crippen LogP contribution >= 0.6 is 0 Å². The van der Waals surface area contributed by atoms with Crippen molar-refractivity contribution in [1.82, 2.24) is 15.1 Å². The SMILES string of the molecule is CCCCOc1ccc2c(c1)CC[C@]21Cc2nn(CCC3CC3)c(N)c2C(=O)N1. The number of amides is 1. The Kier molecular flexibility index (Phi) is 4.52. The van der Waals surface area contributed by atoms with Gasteiger partial charge in [0.1, 0.15) is 17.1 Å². The normalized spacial score (nSPS) is 22.4.